The molecular weight excluding hydrogens is 473 g/mol. The van der Waals surface area contributed by atoms with Gasteiger partial charge in [0.25, 0.3) is 0 Å². The van der Waals surface area contributed by atoms with Crippen molar-refractivity contribution in [1.29, 1.82) is 0 Å². The first-order valence-corrected chi connectivity index (χ1v) is 11.7. The van der Waals surface area contributed by atoms with Crippen LogP contribution in [0.3, 0.4) is 0 Å². The van der Waals surface area contributed by atoms with Crippen molar-refractivity contribution in [3.05, 3.63) is 70.0 Å². The molecule has 0 amide bonds. The molecule has 1 aliphatic carbocycles. The van der Waals surface area contributed by atoms with E-state index in [1.54, 1.807) is 27.4 Å². The number of hydrogen-bond acceptors (Lipinski definition) is 7. The van der Waals surface area contributed by atoms with Crippen LogP contribution in [-0.2, 0) is 33.8 Å². The SMILES string of the molecule is COCc1nc(-c2ccc(OC)cc2Cl)c(COC)nc1NC1c2ccccc2CC1OCCF. The van der Waals surface area contributed by atoms with E-state index in [1.165, 1.54) is 0 Å². The molecule has 1 aliphatic rings. The van der Waals surface area contributed by atoms with Crippen molar-refractivity contribution in [2.75, 3.05) is 39.9 Å². The maximum absolute atomic E-state index is 12.9. The van der Waals surface area contributed by atoms with Crippen LogP contribution in [0.4, 0.5) is 10.2 Å². The molecular formula is C26H29ClFN3O4. The van der Waals surface area contributed by atoms with Gasteiger partial charge in [-0.1, -0.05) is 35.9 Å². The number of methoxy groups -OCH3 is 3. The second-order valence-electron chi connectivity index (χ2n) is 8.15. The predicted molar refractivity (Wildman–Crippen MR) is 133 cm³/mol. The Kier molecular flexibility index (Phi) is 8.51. The summed E-state index contributed by atoms with van der Waals surface area (Å²) in [7, 11) is 4.79. The fourth-order valence-electron chi connectivity index (χ4n) is 4.35. The van der Waals surface area contributed by atoms with E-state index in [0.717, 1.165) is 11.1 Å². The number of alkyl halides is 1. The maximum Gasteiger partial charge on any atom is 0.151 e. The van der Waals surface area contributed by atoms with E-state index < -0.39 is 6.67 Å². The van der Waals surface area contributed by atoms with Crippen LogP contribution in [-0.4, -0.2) is 50.7 Å². The summed E-state index contributed by atoms with van der Waals surface area (Å²) in [5, 5.41) is 4.00. The molecule has 2 unspecified atom stereocenters. The molecule has 0 aliphatic heterocycles. The van der Waals surface area contributed by atoms with Gasteiger partial charge in [-0.05, 0) is 29.3 Å². The zero-order valence-corrected chi connectivity index (χ0v) is 20.8. The van der Waals surface area contributed by atoms with Crippen molar-refractivity contribution in [2.45, 2.75) is 31.8 Å². The highest BCUT2D eigenvalue weighted by Crippen LogP contribution is 2.38. The minimum absolute atomic E-state index is 0.0390. The number of anilines is 1. The number of nitrogens with one attached hydrogen (secondary N) is 1. The minimum Gasteiger partial charge on any atom is -0.497 e. The largest absolute Gasteiger partial charge is 0.497 e. The number of benzene rings is 2. The molecule has 1 heterocycles. The molecule has 1 N–H and O–H groups in total. The van der Waals surface area contributed by atoms with Gasteiger partial charge in [-0.2, -0.15) is 0 Å². The molecule has 2 atom stereocenters. The lowest BCUT2D eigenvalue weighted by Gasteiger charge is -2.24. The highest BCUT2D eigenvalue weighted by atomic mass is 35.5. The van der Waals surface area contributed by atoms with Gasteiger partial charge in [0.1, 0.15) is 18.1 Å². The second-order valence-corrected chi connectivity index (χ2v) is 8.56. The van der Waals surface area contributed by atoms with Crippen molar-refractivity contribution >= 4 is 17.4 Å². The van der Waals surface area contributed by atoms with Gasteiger partial charge in [-0.15, -0.1) is 0 Å². The Bertz CT molecular complexity index is 1160. The highest BCUT2D eigenvalue weighted by Gasteiger charge is 2.34. The summed E-state index contributed by atoms with van der Waals surface area (Å²) in [5.41, 5.74) is 4.81. The predicted octanol–water partition coefficient (Wildman–Crippen LogP) is 5.16. The van der Waals surface area contributed by atoms with Crippen LogP contribution in [0.1, 0.15) is 28.6 Å². The normalized spacial score (nSPS) is 16.8. The van der Waals surface area contributed by atoms with Gasteiger partial charge >= 0.3 is 0 Å². The fraction of sp³-hybridized carbons (Fsp3) is 0.385. The Morgan fingerprint density at radius 2 is 1.80 bits per heavy atom. The first kappa shape index (κ1) is 25.3. The maximum atomic E-state index is 12.9. The van der Waals surface area contributed by atoms with Crippen molar-refractivity contribution in [2.24, 2.45) is 0 Å². The van der Waals surface area contributed by atoms with E-state index >= 15 is 0 Å². The molecule has 7 nitrogen and oxygen atoms in total. The summed E-state index contributed by atoms with van der Waals surface area (Å²) in [6, 6.07) is 13.3. The van der Waals surface area contributed by atoms with Crippen LogP contribution in [0.2, 0.25) is 5.02 Å². The Morgan fingerprint density at radius 1 is 1.03 bits per heavy atom. The lowest BCUT2D eigenvalue weighted by atomic mass is 10.1. The smallest absolute Gasteiger partial charge is 0.151 e. The van der Waals surface area contributed by atoms with Gasteiger partial charge < -0.3 is 24.3 Å². The van der Waals surface area contributed by atoms with Gasteiger partial charge in [-0.3, -0.25) is 0 Å². The van der Waals surface area contributed by atoms with E-state index in [1.807, 2.05) is 24.3 Å². The first-order chi connectivity index (χ1) is 17.1. The summed E-state index contributed by atoms with van der Waals surface area (Å²) < 4.78 is 34.9. The molecule has 0 spiro atoms. The van der Waals surface area contributed by atoms with Gasteiger partial charge in [0, 0.05) is 26.2 Å². The van der Waals surface area contributed by atoms with Crippen molar-refractivity contribution in [3.63, 3.8) is 0 Å². The van der Waals surface area contributed by atoms with Crippen LogP contribution in [0.15, 0.2) is 42.5 Å². The van der Waals surface area contributed by atoms with Crippen molar-refractivity contribution < 1.29 is 23.3 Å². The third-order valence-electron chi connectivity index (χ3n) is 5.92. The van der Waals surface area contributed by atoms with Gasteiger partial charge in [0.05, 0.1) is 55.5 Å². The molecule has 9 heteroatoms. The fourth-order valence-corrected chi connectivity index (χ4v) is 4.61. The third kappa shape index (κ3) is 5.56. The Balaban J connectivity index is 1.76. The van der Waals surface area contributed by atoms with E-state index in [9.17, 15) is 4.39 Å². The lowest BCUT2D eigenvalue weighted by molar-refractivity contribution is 0.0393. The molecule has 3 aromatic rings. The number of halogens is 2. The van der Waals surface area contributed by atoms with Crippen LogP contribution >= 0.6 is 11.6 Å². The van der Waals surface area contributed by atoms with Crippen LogP contribution in [0, 0.1) is 0 Å². The summed E-state index contributed by atoms with van der Waals surface area (Å²) >= 11 is 6.56. The molecule has 4 rings (SSSR count). The summed E-state index contributed by atoms with van der Waals surface area (Å²) in [4.78, 5) is 9.79. The average molecular weight is 502 g/mol. The number of fused-ring (bicyclic) bond motifs is 1. The minimum atomic E-state index is -0.538. The lowest BCUT2D eigenvalue weighted by Crippen LogP contribution is -2.27. The molecule has 2 aromatic carbocycles. The summed E-state index contributed by atoms with van der Waals surface area (Å²) in [6.07, 6.45) is 0.452. The first-order valence-electron chi connectivity index (χ1n) is 11.3. The second kappa shape index (κ2) is 11.8. The summed E-state index contributed by atoms with van der Waals surface area (Å²) in [6.45, 7) is -0.0374. The van der Waals surface area contributed by atoms with E-state index in [2.05, 4.69) is 17.4 Å². The Hall–Kier alpha value is -2.78. The van der Waals surface area contributed by atoms with Crippen LogP contribution in [0.25, 0.3) is 11.3 Å². The number of aromatic nitrogens is 2. The molecule has 186 valence electrons. The number of nitrogens with zero attached hydrogens (tertiary/aromatic N) is 2. The monoisotopic (exact) mass is 501 g/mol. The zero-order valence-electron chi connectivity index (χ0n) is 20.0. The molecule has 0 bridgehead atoms. The van der Waals surface area contributed by atoms with E-state index in [0.29, 0.717) is 45.7 Å². The average Bonchev–Trinajstić information content (AvgIpc) is 3.21. The Morgan fingerprint density at radius 3 is 2.51 bits per heavy atom. The van der Waals surface area contributed by atoms with Crippen molar-refractivity contribution in [3.8, 4) is 17.0 Å². The third-order valence-corrected chi connectivity index (χ3v) is 6.23. The van der Waals surface area contributed by atoms with Gasteiger partial charge in [0.15, 0.2) is 5.82 Å². The molecule has 1 aromatic heterocycles. The van der Waals surface area contributed by atoms with E-state index in [4.69, 9.17) is 40.5 Å². The molecule has 35 heavy (non-hydrogen) atoms. The number of ether oxygens (including phenoxy) is 4. The van der Waals surface area contributed by atoms with Crippen molar-refractivity contribution in [1.82, 2.24) is 9.97 Å². The highest BCUT2D eigenvalue weighted by molar-refractivity contribution is 6.33. The van der Waals surface area contributed by atoms with Gasteiger partial charge in [-0.25, -0.2) is 14.4 Å². The Labute approximate surface area is 209 Å². The van der Waals surface area contributed by atoms with Crippen LogP contribution in [0.5, 0.6) is 5.75 Å². The molecule has 0 saturated heterocycles. The molecule has 0 radical (unpaired) electrons. The quantitative estimate of drug-likeness (QED) is 0.389. The number of hydrogen-bond donors (Lipinski definition) is 1. The number of rotatable bonds is 11. The van der Waals surface area contributed by atoms with Gasteiger partial charge in [0.2, 0.25) is 0 Å². The summed E-state index contributed by atoms with van der Waals surface area (Å²) in [5.74, 6) is 1.21. The molecule has 0 fully saturated rings. The van der Waals surface area contributed by atoms with Crippen LogP contribution < -0.4 is 10.1 Å². The topological polar surface area (TPSA) is 74.7 Å². The molecule has 0 saturated carbocycles. The van der Waals surface area contributed by atoms with E-state index in [-0.39, 0.29) is 32.0 Å². The standard InChI is InChI=1S/C26H29ClFN3O4/c1-32-14-21-24(19-9-8-17(34-3)13-20(19)27)29-22(15-33-2)26(30-21)31-25-18-7-5-4-6-16(18)12-23(25)35-11-10-28/h4-9,13,23,25H,10-12,14-15H2,1-3H3,(H,30,31). The zero-order chi connectivity index (χ0) is 24.8.